The Bertz CT molecular complexity index is 1160. The lowest BCUT2D eigenvalue weighted by Gasteiger charge is -2.29. The van der Waals surface area contributed by atoms with Crippen molar-refractivity contribution in [1.29, 1.82) is 0 Å². The number of benzene rings is 2. The highest BCUT2D eigenvalue weighted by atomic mass is 16.5. The van der Waals surface area contributed by atoms with Gasteiger partial charge in [-0.1, -0.05) is 87.9 Å². The Kier molecular flexibility index (Phi) is 12.5. The lowest BCUT2D eigenvalue weighted by Crippen LogP contribution is -2.44. The van der Waals surface area contributed by atoms with Crippen molar-refractivity contribution < 1.29 is 14.3 Å². The van der Waals surface area contributed by atoms with Gasteiger partial charge >= 0.3 is 0 Å². The van der Waals surface area contributed by atoms with Gasteiger partial charge in [0.05, 0.1) is 12.6 Å². The van der Waals surface area contributed by atoms with E-state index in [4.69, 9.17) is 10.5 Å². The molecule has 0 spiro atoms. The summed E-state index contributed by atoms with van der Waals surface area (Å²) in [5, 5.41) is 6.20. The van der Waals surface area contributed by atoms with Crippen molar-refractivity contribution in [2.24, 2.45) is 10.7 Å². The number of aliphatic imine (C=N–C) groups is 1. The monoisotopic (exact) mass is 575 g/mol. The van der Waals surface area contributed by atoms with Gasteiger partial charge in [0.1, 0.15) is 11.4 Å². The quantitative estimate of drug-likeness (QED) is 0.210. The van der Waals surface area contributed by atoms with Crippen molar-refractivity contribution in [3.8, 4) is 5.75 Å². The van der Waals surface area contributed by atoms with Crippen LogP contribution in [-0.2, 0) is 22.7 Å². The van der Waals surface area contributed by atoms with E-state index in [1.54, 1.807) is 4.90 Å². The third-order valence-electron chi connectivity index (χ3n) is 8.23. The molecule has 1 aliphatic carbocycles. The van der Waals surface area contributed by atoms with Crippen LogP contribution in [0.4, 0.5) is 5.69 Å². The van der Waals surface area contributed by atoms with E-state index in [-0.39, 0.29) is 24.5 Å². The van der Waals surface area contributed by atoms with Crippen LogP contribution in [0, 0.1) is 0 Å². The standard InChI is InChI=1S/C34H49N5O3/c1-2-3-4-11-19-29(20-13-22-31(40)37-28-17-9-6-10-18-28)42-30-21-12-16-27-24-39(34(35)38-33(27)30)25-32(41)36-23-26-14-7-5-8-15-26/h5,7-8,12,14-16,21,28-29H,2-4,6,9-11,13,17-20,22-25H2,1H3,(H2,35,38)(H,36,41)(H,37,40). The van der Waals surface area contributed by atoms with Gasteiger partial charge in [0.2, 0.25) is 11.8 Å². The molecule has 0 radical (unpaired) electrons. The third kappa shape index (κ3) is 10.1. The fourth-order valence-electron chi connectivity index (χ4n) is 5.83. The van der Waals surface area contributed by atoms with Gasteiger partial charge in [0, 0.05) is 31.1 Å². The molecule has 1 aliphatic heterocycles. The van der Waals surface area contributed by atoms with Gasteiger partial charge in [-0.25, -0.2) is 4.99 Å². The molecule has 4 rings (SSSR count). The summed E-state index contributed by atoms with van der Waals surface area (Å²) in [4.78, 5) is 31.7. The number of carbonyl (C=O) groups is 2. The molecule has 228 valence electrons. The topological polar surface area (TPSA) is 109 Å². The fraction of sp³-hybridized carbons (Fsp3) is 0.559. The summed E-state index contributed by atoms with van der Waals surface area (Å²) in [6.45, 7) is 3.31. The van der Waals surface area contributed by atoms with Crippen LogP contribution in [0.3, 0.4) is 0 Å². The number of nitrogens with two attached hydrogens (primary N) is 1. The highest BCUT2D eigenvalue weighted by molar-refractivity contribution is 5.89. The Morgan fingerprint density at radius 1 is 0.976 bits per heavy atom. The molecule has 1 unspecified atom stereocenters. The van der Waals surface area contributed by atoms with Crippen molar-refractivity contribution in [3.05, 3.63) is 59.7 Å². The van der Waals surface area contributed by atoms with Crippen molar-refractivity contribution in [2.45, 2.75) is 116 Å². The van der Waals surface area contributed by atoms with Gasteiger partial charge in [-0.15, -0.1) is 0 Å². The molecular formula is C34H49N5O3. The second kappa shape index (κ2) is 16.8. The summed E-state index contributed by atoms with van der Waals surface area (Å²) < 4.78 is 6.58. The lowest BCUT2D eigenvalue weighted by molar-refractivity contribution is -0.122. The van der Waals surface area contributed by atoms with Gasteiger partial charge in [-0.2, -0.15) is 0 Å². The number of nitrogens with one attached hydrogen (secondary N) is 2. The van der Waals surface area contributed by atoms with E-state index in [0.29, 0.717) is 31.5 Å². The Morgan fingerprint density at radius 2 is 1.76 bits per heavy atom. The van der Waals surface area contributed by atoms with Gasteiger partial charge in [0.25, 0.3) is 0 Å². The molecule has 1 fully saturated rings. The van der Waals surface area contributed by atoms with Crippen molar-refractivity contribution in [1.82, 2.24) is 15.5 Å². The predicted octanol–water partition coefficient (Wildman–Crippen LogP) is 6.10. The molecule has 8 nitrogen and oxygen atoms in total. The van der Waals surface area contributed by atoms with Crippen LogP contribution in [0.2, 0.25) is 0 Å². The van der Waals surface area contributed by atoms with Crippen LogP contribution in [0.25, 0.3) is 0 Å². The molecule has 0 aromatic heterocycles. The summed E-state index contributed by atoms with van der Waals surface area (Å²) in [5.41, 5.74) is 9.12. The van der Waals surface area contributed by atoms with Crippen LogP contribution >= 0.6 is 0 Å². The summed E-state index contributed by atoms with van der Waals surface area (Å²) in [7, 11) is 0. The van der Waals surface area contributed by atoms with Crippen LogP contribution in [-0.4, -0.2) is 41.4 Å². The van der Waals surface area contributed by atoms with Crippen LogP contribution in [0.1, 0.15) is 102 Å². The largest absolute Gasteiger partial charge is 0.488 e. The predicted molar refractivity (Wildman–Crippen MR) is 168 cm³/mol. The maximum atomic E-state index is 12.6. The average Bonchev–Trinajstić information content (AvgIpc) is 3.00. The Balaban J connectivity index is 1.33. The number of amides is 2. The van der Waals surface area contributed by atoms with Crippen molar-refractivity contribution in [2.75, 3.05) is 6.54 Å². The van der Waals surface area contributed by atoms with Crippen LogP contribution < -0.4 is 21.1 Å². The molecule has 2 aliphatic rings. The number of ether oxygens (including phenoxy) is 1. The van der Waals surface area contributed by atoms with E-state index in [0.717, 1.165) is 61.1 Å². The summed E-state index contributed by atoms with van der Waals surface area (Å²) >= 11 is 0. The minimum absolute atomic E-state index is 0.00838. The summed E-state index contributed by atoms with van der Waals surface area (Å²) in [6.07, 6.45) is 13.7. The molecule has 1 saturated carbocycles. The first-order valence-electron chi connectivity index (χ1n) is 16.0. The number of carbonyl (C=O) groups excluding carboxylic acids is 2. The highest BCUT2D eigenvalue weighted by Crippen LogP contribution is 2.36. The Hall–Kier alpha value is -3.55. The van der Waals surface area contributed by atoms with E-state index in [2.05, 4.69) is 22.5 Å². The summed E-state index contributed by atoms with van der Waals surface area (Å²) in [6, 6.07) is 16.1. The number of fused-ring (bicyclic) bond motifs is 1. The van der Waals surface area contributed by atoms with E-state index in [1.165, 1.54) is 38.5 Å². The number of unbranched alkanes of at least 4 members (excludes halogenated alkanes) is 3. The zero-order valence-corrected chi connectivity index (χ0v) is 25.3. The van der Waals surface area contributed by atoms with Crippen molar-refractivity contribution in [3.63, 3.8) is 0 Å². The van der Waals surface area contributed by atoms with E-state index < -0.39 is 0 Å². The molecule has 2 aromatic rings. The fourth-order valence-corrected chi connectivity index (χ4v) is 5.83. The van der Waals surface area contributed by atoms with Gasteiger partial charge in [0.15, 0.2) is 5.96 Å². The first-order chi connectivity index (χ1) is 20.5. The molecule has 1 atom stereocenters. The number of para-hydroxylation sites is 1. The maximum absolute atomic E-state index is 12.6. The zero-order chi connectivity index (χ0) is 29.6. The third-order valence-corrected chi connectivity index (χ3v) is 8.23. The molecule has 0 saturated heterocycles. The zero-order valence-electron chi connectivity index (χ0n) is 25.3. The normalized spacial score (nSPS) is 15.8. The molecular weight excluding hydrogens is 526 g/mol. The number of hydrogen-bond donors (Lipinski definition) is 3. The summed E-state index contributed by atoms with van der Waals surface area (Å²) in [5.74, 6) is 1.09. The Labute approximate surface area is 251 Å². The van der Waals surface area contributed by atoms with E-state index in [1.807, 2.05) is 48.5 Å². The van der Waals surface area contributed by atoms with E-state index >= 15 is 0 Å². The molecule has 0 bridgehead atoms. The molecule has 1 heterocycles. The number of rotatable bonds is 16. The molecule has 4 N–H and O–H groups in total. The molecule has 42 heavy (non-hydrogen) atoms. The molecule has 2 aromatic carbocycles. The first-order valence-corrected chi connectivity index (χ1v) is 16.0. The molecule has 2 amide bonds. The smallest absolute Gasteiger partial charge is 0.239 e. The Morgan fingerprint density at radius 3 is 2.55 bits per heavy atom. The SMILES string of the molecule is CCCCCCC(CCCC(=O)NC1CCCCC1)Oc1cccc2c1N=C(N)N(CC(=O)NCc1ccccc1)C2. The van der Waals surface area contributed by atoms with Gasteiger partial charge < -0.3 is 26.0 Å². The minimum atomic E-state index is -0.104. The highest BCUT2D eigenvalue weighted by Gasteiger charge is 2.24. The van der Waals surface area contributed by atoms with E-state index in [9.17, 15) is 9.59 Å². The lowest BCUT2D eigenvalue weighted by atomic mass is 9.95. The number of hydrogen-bond acceptors (Lipinski definition) is 6. The van der Waals surface area contributed by atoms with Crippen LogP contribution in [0.15, 0.2) is 53.5 Å². The van der Waals surface area contributed by atoms with Gasteiger partial charge in [-0.05, 0) is 50.2 Å². The number of guanidine groups is 1. The van der Waals surface area contributed by atoms with Crippen LogP contribution in [0.5, 0.6) is 5.75 Å². The first kappa shape index (κ1) is 31.4. The minimum Gasteiger partial charge on any atom is -0.488 e. The van der Waals surface area contributed by atoms with Gasteiger partial charge in [-0.3, -0.25) is 9.59 Å². The van der Waals surface area contributed by atoms with Crippen molar-refractivity contribution >= 4 is 23.5 Å². The second-order valence-electron chi connectivity index (χ2n) is 11.7. The maximum Gasteiger partial charge on any atom is 0.239 e. The average molecular weight is 576 g/mol. The molecule has 8 heteroatoms. The number of nitrogens with zero attached hydrogens (tertiary/aromatic N) is 2. The second-order valence-corrected chi connectivity index (χ2v) is 11.7.